The number of hydrogen-bond acceptors (Lipinski definition) is 3. The molecule has 1 fully saturated rings. The monoisotopic (exact) mass is 388 g/mol. The number of para-hydroxylation sites is 2. The van der Waals surface area contributed by atoms with Crippen molar-refractivity contribution in [1.82, 2.24) is 10.6 Å². The van der Waals surface area contributed by atoms with Gasteiger partial charge in [-0.15, -0.1) is 0 Å². The molecule has 1 aliphatic rings. The van der Waals surface area contributed by atoms with Gasteiger partial charge in [-0.25, -0.2) is 8.78 Å². The largest absolute Gasteiger partial charge is 0.496 e. The molecule has 0 amide bonds. The second-order valence-corrected chi connectivity index (χ2v) is 6.71. The first-order chi connectivity index (χ1) is 13.6. The van der Waals surface area contributed by atoms with Gasteiger partial charge in [-0.1, -0.05) is 24.3 Å². The molecule has 2 aromatic carbocycles. The minimum absolute atomic E-state index is 0.0471. The van der Waals surface area contributed by atoms with Crippen LogP contribution in [0.2, 0.25) is 0 Å². The summed E-state index contributed by atoms with van der Waals surface area (Å²) >= 11 is 0. The number of methoxy groups -OCH3 is 1. The summed E-state index contributed by atoms with van der Waals surface area (Å²) in [5.41, 5.74) is 1.17. The van der Waals surface area contributed by atoms with Crippen molar-refractivity contribution in [2.75, 3.05) is 38.7 Å². The van der Waals surface area contributed by atoms with E-state index in [1.54, 1.807) is 19.1 Å². The number of anilines is 1. The molecule has 2 N–H and O–H groups in total. The van der Waals surface area contributed by atoms with Crippen LogP contribution in [-0.4, -0.2) is 45.8 Å². The van der Waals surface area contributed by atoms with E-state index < -0.39 is 11.6 Å². The van der Waals surface area contributed by atoms with Gasteiger partial charge in [0.2, 0.25) is 0 Å². The van der Waals surface area contributed by atoms with Crippen molar-refractivity contribution >= 4 is 11.6 Å². The number of guanidine groups is 1. The van der Waals surface area contributed by atoms with Gasteiger partial charge in [0.25, 0.3) is 0 Å². The zero-order valence-corrected chi connectivity index (χ0v) is 16.2. The maximum absolute atomic E-state index is 14.0. The van der Waals surface area contributed by atoms with Crippen LogP contribution in [0.3, 0.4) is 0 Å². The van der Waals surface area contributed by atoms with Crippen LogP contribution in [0, 0.1) is 11.6 Å². The Balaban J connectivity index is 1.52. The molecule has 0 spiro atoms. The highest BCUT2D eigenvalue weighted by Crippen LogP contribution is 2.26. The first kappa shape index (κ1) is 19.9. The van der Waals surface area contributed by atoms with Crippen molar-refractivity contribution in [3.8, 4) is 5.75 Å². The zero-order valence-electron chi connectivity index (χ0n) is 16.2. The lowest BCUT2D eigenvalue weighted by Crippen LogP contribution is -2.45. The van der Waals surface area contributed by atoms with Crippen LogP contribution in [0.5, 0.6) is 5.75 Å². The average molecular weight is 388 g/mol. The minimum atomic E-state index is -0.528. The van der Waals surface area contributed by atoms with E-state index in [2.05, 4.69) is 15.6 Å². The maximum Gasteiger partial charge on any atom is 0.191 e. The van der Waals surface area contributed by atoms with Crippen molar-refractivity contribution in [3.05, 3.63) is 59.7 Å². The summed E-state index contributed by atoms with van der Waals surface area (Å²) in [6.07, 6.45) is 1.57. The fraction of sp³-hybridized carbons (Fsp3) is 0.381. The Labute approximate surface area is 164 Å². The van der Waals surface area contributed by atoms with Gasteiger partial charge in [-0.05, 0) is 36.6 Å². The molecule has 0 saturated carbocycles. The second-order valence-electron chi connectivity index (χ2n) is 6.71. The van der Waals surface area contributed by atoms with Gasteiger partial charge in [0.05, 0.1) is 7.11 Å². The maximum atomic E-state index is 14.0. The number of benzene rings is 2. The van der Waals surface area contributed by atoms with E-state index in [9.17, 15) is 8.78 Å². The number of hydrogen-bond donors (Lipinski definition) is 2. The highest BCUT2D eigenvalue weighted by atomic mass is 19.1. The normalized spacial score (nSPS) is 16.9. The van der Waals surface area contributed by atoms with Crippen LogP contribution in [0.1, 0.15) is 12.0 Å². The first-order valence-corrected chi connectivity index (χ1v) is 9.40. The van der Waals surface area contributed by atoms with Gasteiger partial charge < -0.3 is 20.3 Å². The molecule has 0 aromatic heterocycles. The molecule has 1 atom stereocenters. The van der Waals surface area contributed by atoms with Crippen LogP contribution in [-0.2, 0) is 6.42 Å². The molecular weight excluding hydrogens is 362 g/mol. The summed E-state index contributed by atoms with van der Waals surface area (Å²) in [5, 5.41) is 6.63. The summed E-state index contributed by atoms with van der Waals surface area (Å²) < 4.78 is 33.4. The summed E-state index contributed by atoms with van der Waals surface area (Å²) in [6.45, 7) is 1.80. The van der Waals surface area contributed by atoms with Gasteiger partial charge in [0, 0.05) is 32.7 Å². The number of aliphatic imine (C=N–C) groups is 1. The minimum Gasteiger partial charge on any atom is -0.496 e. The third-order valence-electron chi connectivity index (χ3n) is 4.89. The van der Waals surface area contributed by atoms with Crippen LogP contribution in [0.4, 0.5) is 14.5 Å². The van der Waals surface area contributed by atoms with Crippen molar-refractivity contribution in [3.63, 3.8) is 0 Å². The van der Waals surface area contributed by atoms with Crippen molar-refractivity contribution in [2.24, 2.45) is 4.99 Å². The molecule has 28 heavy (non-hydrogen) atoms. The van der Waals surface area contributed by atoms with E-state index in [-0.39, 0.29) is 11.7 Å². The Hall–Kier alpha value is -2.83. The van der Waals surface area contributed by atoms with Gasteiger partial charge in [-0.3, -0.25) is 4.99 Å². The molecular formula is C21H26F2N4O. The topological polar surface area (TPSA) is 48.9 Å². The highest BCUT2D eigenvalue weighted by molar-refractivity contribution is 5.80. The van der Waals surface area contributed by atoms with E-state index in [4.69, 9.17) is 4.74 Å². The van der Waals surface area contributed by atoms with E-state index in [1.807, 2.05) is 24.3 Å². The average Bonchev–Trinajstić information content (AvgIpc) is 3.15. The number of halogens is 2. The molecule has 0 aliphatic carbocycles. The van der Waals surface area contributed by atoms with Crippen LogP contribution >= 0.6 is 0 Å². The molecule has 2 aromatic rings. The molecule has 5 nitrogen and oxygen atoms in total. The smallest absolute Gasteiger partial charge is 0.191 e. The Morgan fingerprint density at radius 3 is 2.64 bits per heavy atom. The number of nitrogens with zero attached hydrogens (tertiary/aromatic N) is 2. The summed E-state index contributed by atoms with van der Waals surface area (Å²) in [7, 11) is 3.37. The molecule has 7 heteroatoms. The SMILES string of the molecule is CN=C(NCCc1ccccc1OC)NC1CCN(c2c(F)cccc2F)C1. The summed E-state index contributed by atoms with van der Waals surface area (Å²) in [4.78, 5) is 6.00. The van der Waals surface area contributed by atoms with E-state index >= 15 is 0 Å². The number of rotatable bonds is 6. The first-order valence-electron chi connectivity index (χ1n) is 9.40. The fourth-order valence-corrected chi connectivity index (χ4v) is 3.49. The zero-order chi connectivity index (χ0) is 19.9. The third kappa shape index (κ3) is 4.71. The Kier molecular flexibility index (Phi) is 6.68. The quantitative estimate of drug-likeness (QED) is 0.590. The molecule has 1 heterocycles. The van der Waals surface area contributed by atoms with Gasteiger partial charge in [-0.2, -0.15) is 0 Å². The van der Waals surface area contributed by atoms with Crippen LogP contribution in [0.25, 0.3) is 0 Å². The Morgan fingerprint density at radius 1 is 1.18 bits per heavy atom. The van der Waals surface area contributed by atoms with Crippen molar-refractivity contribution in [1.29, 1.82) is 0 Å². The molecule has 1 aliphatic heterocycles. The van der Waals surface area contributed by atoms with E-state index in [0.717, 1.165) is 24.2 Å². The summed E-state index contributed by atoms with van der Waals surface area (Å²) in [5.74, 6) is 0.487. The number of nitrogens with one attached hydrogen (secondary N) is 2. The van der Waals surface area contributed by atoms with E-state index in [0.29, 0.717) is 25.6 Å². The molecule has 3 rings (SSSR count). The predicted molar refractivity (Wildman–Crippen MR) is 108 cm³/mol. The van der Waals surface area contributed by atoms with Crippen LogP contribution < -0.4 is 20.3 Å². The van der Waals surface area contributed by atoms with Crippen molar-refractivity contribution in [2.45, 2.75) is 18.9 Å². The number of ether oxygens (including phenoxy) is 1. The van der Waals surface area contributed by atoms with Gasteiger partial charge in [0.15, 0.2) is 5.96 Å². The van der Waals surface area contributed by atoms with Crippen molar-refractivity contribution < 1.29 is 13.5 Å². The lowest BCUT2D eigenvalue weighted by Gasteiger charge is -2.21. The fourth-order valence-electron chi connectivity index (χ4n) is 3.49. The van der Waals surface area contributed by atoms with E-state index in [1.165, 1.54) is 18.2 Å². The standard InChI is InChI=1S/C21H26F2N4O/c1-24-21(25-12-10-15-6-3-4-9-19(15)28-2)26-16-11-13-27(14-16)20-17(22)7-5-8-18(20)23/h3-9,16H,10-14H2,1-2H3,(H2,24,25,26). The Bertz CT molecular complexity index is 808. The summed E-state index contributed by atoms with van der Waals surface area (Å²) in [6, 6.07) is 11.9. The molecule has 1 saturated heterocycles. The lowest BCUT2D eigenvalue weighted by molar-refractivity contribution is 0.409. The molecule has 1 unspecified atom stereocenters. The third-order valence-corrected chi connectivity index (χ3v) is 4.89. The van der Waals surface area contributed by atoms with Gasteiger partial charge >= 0.3 is 0 Å². The Morgan fingerprint density at radius 2 is 1.93 bits per heavy atom. The van der Waals surface area contributed by atoms with Gasteiger partial charge in [0.1, 0.15) is 23.1 Å². The lowest BCUT2D eigenvalue weighted by atomic mass is 10.1. The second kappa shape index (κ2) is 9.39. The molecule has 0 radical (unpaired) electrons. The van der Waals surface area contributed by atoms with Crippen LogP contribution in [0.15, 0.2) is 47.5 Å². The predicted octanol–water partition coefficient (Wildman–Crippen LogP) is 2.96. The molecule has 0 bridgehead atoms. The molecule has 150 valence electrons. The highest BCUT2D eigenvalue weighted by Gasteiger charge is 2.27.